The first-order valence-corrected chi connectivity index (χ1v) is 12.9. The average molecular weight is 468 g/mol. The normalized spacial score (nSPS) is 18.3. The van der Waals surface area contributed by atoms with Gasteiger partial charge < -0.3 is 9.80 Å². The third-order valence-corrected chi connectivity index (χ3v) is 8.21. The van der Waals surface area contributed by atoms with E-state index in [1.807, 2.05) is 4.90 Å². The molecule has 0 unspecified atom stereocenters. The standard InChI is InChI=1S/C24H29N5O3S/c25-19-21-7-5-12-26-23(21)27-13-6-14-28(18-17-27)24(30)20-8-10-22(11-9-20)33(31,32)29-15-3-1-2-4-16-29/h5,7-12H,1-4,6,13-18H2. The number of rotatable bonds is 4. The van der Waals surface area contributed by atoms with Crippen molar-refractivity contribution in [1.29, 1.82) is 5.26 Å². The van der Waals surface area contributed by atoms with Gasteiger partial charge in [-0.25, -0.2) is 13.4 Å². The van der Waals surface area contributed by atoms with E-state index in [-0.39, 0.29) is 10.8 Å². The summed E-state index contributed by atoms with van der Waals surface area (Å²) in [5.74, 6) is 0.537. The molecule has 1 amide bonds. The van der Waals surface area contributed by atoms with Crippen LogP contribution >= 0.6 is 0 Å². The second-order valence-electron chi connectivity index (χ2n) is 8.46. The molecule has 4 rings (SSSR count). The zero-order valence-corrected chi connectivity index (χ0v) is 19.5. The molecule has 0 saturated carbocycles. The zero-order valence-electron chi connectivity index (χ0n) is 18.7. The highest BCUT2D eigenvalue weighted by atomic mass is 32.2. The number of amides is 1. The van der Waals surface area contributed by atoms with Crippen molar-refractivity contribution in [1.82, 2.24) is 14.2 Å². The zero-order chi connectivity index (χ0) is 23.3. The molecule has 1 aromatic carbocycles. The fourth-order valence-corrected chi connectivity index (χ4v) is 5.97. The Kier molecular flexibility index (Phi) is 7.26. The van der Waals surface area contributed by atoms with Gasteiger partial charge in [0.2, 0.25) is 10.0 Å². The quantitative estimate of drug-likeness (QED) is 0.686. The largest absolute Gasteiger partial charge is 0.354 e. The van der Waals surface area contributed by atoms with Gasteiger partial charge in [0.15, 0.2) is 0 Å². The Morgan fingerprint density at radius 2 is 1.61 bits per heavy atom. The summed E-state index contributed by atoms with van der Waals surface area (Å²) in [5.41, 5.74) is 1.01. The van der Waals surface area contributed by atoms with Crippen molar-refractivity contribution in [2.24, 2.45) is 0 Å². The van der Waals surface area contributed by atoms with E-state index in [9.17, 15) is 18.5 Å². The minimum absolute atomic E-state index is 0.114. The predicted octanol–water partition coefficient (Wildman–Crippen LogP) is 2.87. The SMILES string of the molecule is N#Cc1cccnc1N1CCCN(C(=O)c2ccc(S(=O)(=O)N3CCCCCC3)cc2)CC1. The van der Waals surface area contributed by atoms with Gasteiger partial charge in [-0.05, 0) is 55.7 Å². The molecule has 0 atom stereocenters. The van der Waals surface area contributed by atoms with E-state index in [0.29, 0.717) is 56.2 Å². The molecular formula is C24H29N5O3S. The van der Waals surface area contributed by atoms with Crippen LogP contribution < -0.4 is 4.90 Å². The monoisotopic (exact) mass is 467 g/mol. The maximum absolute atomic E-state index is 13.1. The second kappa shape index (κ2) is 10.3. The number of hydrogen-bond acceptors (Lipinski definition) is 6. The van der Waals surface area contributed by atoms with E-state index < -0.39 is 10.0 Å². The lowest BCUT2D eigenvalue weighted by Crippen LogP contribution is -2.35. The number of nitriles is 1. The molecule has 2 aliphatic rings. The van der Waals surface area contributed by atoms with Gasteiger partial charge in [-0.3, -0.25) is 4.79 Å². The summed E-state index contributed by atoms with van der Waals surface area (Å²) in [6, 6.07) is 12.0. The predicted molar refractivity (Wildman–Crippen MR) is 125 cm³/mol. The van der Waals surface area contributed by atoms with E-state index in [4.69, 9.17) is 0 Å². The van der Waals surface area contributed by atoms with E-state index in [2.05, 4.69) is 11.1 Å². The van der Waals surface area contributed by atoms with E-state index in [1.165, 1.54) is 0 Å². The molecule has 2 aliphatic heterocycles. The molecule has 174 valence electrons. The summed E-state index contributed by atoms with van der Waals surface area (Å²) in [4.78, 5) is 21.5. The van der Waals surface area contributed by atoms with Crippen LogP contribution in [-0.4, -0.2) is 67.8 Å². The first-order chi connectivity index (χ1) is 16.0. The Bertz CT molecular complexity index is 1120. The summed E-state index contributed by atoms with van der Waals surface area (Å²) < 4.78 is 27.5. The lowest BCUT2D eigenvalue weighted by atomic mass is 10.2. The molecule has 2 fully saturated rings. The van der Waals surface area contributed by atoms with E-state index in [0.717, 1.165) is 32.1 Å². The molecule has 8 nitrogen and oxygen atoms in total. The number of anilines is 1. The summed E-state index contributed by atoms with van der Waals surface area (Å²) in [6.45, 7) is 3.50. The maximum atomic E-state index is 13.1. The highest BCUT2D eigenvalue weighted by Crippen LogP contribution is 2.22. The van der Waals surface area contributed by atoms with Crippen LogP contribution in [-0.2, 0) is 10.0 Å². The number of nitrogens with zero attached hydrogens (tertiary/aromatic N) is 5. The Hall–Kier alpha value is -2.96. The third kappa shape index (κ3) is 5.18. The number of hydrogen-bond donors (Lipinski definition) is 0. The van der Waals surface area contributed by atoms with Crippen LogP contribution in [0.4, 0.5) is 5.82 Å². The van der Waals surface area contributed by atoms with E-state index >= 15 is 0 Å². The molecule has 1 aromatic heterocycles. The maximum Gasteiger partial charge on any atom is 0.253 e. The van der Waals surface area contributed by atoms with Gasteiger partial charge in [0.25, 0.3) is 5.91 Å². The minimum Gasteiger partial charge on any atom is -0.354 e. The number of sulfonamides is 1. The molecule has 0 bridgehead atoms. The number of carbonyl (C=O) groups is 1. The Balaban J connectivity index is 1.43. The van der Waals surface area contributed by atoms with Crippen molar-refractivity contribution < 1.29 is 13.2 Å². The van der Waals surface area contributed by atoms with Gasteiger partial charge in [0.05, 0.1) is 10.5 Å². The number of aromatic nitrogens is 1. The molecule has 0 aliphatic carbocycles. The average Bonchev–Trinajstić information content (AvgIpc) is 3.28. The van der Waals surface area contributed by atoms with Crippen molar-refractivity contribution in [3.05, 3.63) is 53.7 Å². The van der Waals surface area contributed by atoms with Gasteiger partial charge in [0, 0.05) is 51.0 Å². The lowest BCUT2D eigenvalue weighted by Gasteiger charge is -2.23. The van der Waals surface area contributed by atoms with Gasteiger partial charge in [-0.15, -0.1) is 0 Å². The van der Waals surface area contributed by atoms with Crippen LogP contribution in [0.25, 0.3) is 0 Å². The van der Waals surface area contributed by atoms with Crippen molar-refractivity contribution in [2.45, 2.75) is 37.0 Å². The highest BCUT2D eigenvalue weighted by Gasteiger charge is 2.26. The van der Waals surface area contributed by atoms with Crippen molar-refractivity contribution in [2.75, 3.05) is 44.2 Å². The minimum atomic E-state index is -3.53. The molecule has 0 N–H and O–H groups in total. The van der Waals surface area contributed by atoms with Crippen molar-refractivity contribution in [3.63, 3.8) is 0 Å². The Morgan fingerprint density at radius 3 is 2.30 bits per heavy atom. The molecule has 2 aromatic rings. The van der Waals surface area contributed by atoms with Gasteiger partial charge in [-0.2, -0.15) is 9.57 Å². The van der Waals surface area contributed by atoms with Crippen LogP contribution in [0.3, 0.4) is 0 Å². The number of benzene rings is 1. The Labute approximate surface area is 195 Å². The van der Waals surface area contributed by atoms with Gasteiger partial charge in [0.1, 0.15) is 11.9 Å². The summed E-state index contributed by atoms with van der Waals surface area (Å²) >= 11 is 0. The van der Waals surface area contributed by atoms with Crippen molar-refractivity contribution >= 4 is 21.7 Å². The number of carbonyl (C=O) groups excluding carboxylic acids is 1. The molecular weight excluding hydrogens is 438 g/mol. The van der Waals surface area contributed by atoms with Crippen molar-refractivity contribution in [3.8, 4) is 6.07 Å². The van der Waals surface area contributed by atoms with E-state index in [1.54, 1.807) is 51.8 Å². The fraction of sp³-hybridized carbons (Fsp3) is 0.458. The second-order valence-corrected chi connectivity index (χ2v) is 10.4. The third-order valence-electron chi connectivity index (χ3n) is 6.29. The van der Waals surface area contributed by atoms with Crippen LogP contribution in [0.1, 0.15) is 48.0 Å². The highest BCUT2D eigenvalue weighted by molar-refractivity contribution is 7.89. The smallest absolute Gasteiger partial charge is 0.253 e. The topological polar surface area (TPSA) is 97.6 Å². The summed E-state index contributed by atoms with van der Waals surface area (Å²) in [7, 11) is -3.53. The van der Waals surface area contributed by atoms with Gasteiger partial charge >= 0.3 is 0 Å². The molecule has 3 heterocycles. The molecule has 0 spiro atoms. The first-order valence-electron chi connectivity index (χ1n) is 11.5. The number of pyridine rings is 1. The Morgan fingerprint density at radius 1 is 0.879 bits per heavy atom. The lowest BCUT2D eigenvalue weighted by molar-refractivity contribution is 0.0767. The first kappa shape index (κ1) is 23.2. The van der Waals surface area contributed by atoms with Crippen LogP contribution in [0.5, 0.6) is 0 Å². The molecule has 33 heavy (non-hydrogen) atoms. The molecule has 0 radical (unpaired) electrons. The van der Waals surface area contributed by atoms with Crippen LogP contribution in [0, 0.1) is 11.3 Å². The van der Waals surface area contributed by atoms with Gasteiger partial charge in [-0.1, -0.05) is 12.8 Å². The molecule has 2 saturated heterocycles. The molecule has 9 heteroatoms. The summed E-state index contributed by atoms with van der Waals surface area (Å²) in [5, 5.41) is 9.36. The fourth-order valence-electron chi connectivity index (χ4n) is 4.45. The van der Waals surface area contributed by atoms with Crippen LogP contribution in [0.2, 0.25) is 0 Å². The summed E-state index contributed by atoms with van der Waals surface area (Å²) in [6.07, 6.45) is 6.32. The van der Waals surface area contributed by atoms with Crippen LogP contribution in [0.15, 0.2) is 47.5 Å².